The van der Waals surface area contributed by atoms with Crippen molar-refractivity contribution < 1.29 is 32.3 Å². The van der Waals surface area contributed by atoms with Gasteiger partial charge in [0.1, 0.15) is 35.6 Å². The Bertz CT molecular complexity index is 1390. The summed E-state index contributed by atoms with van der Waals surface area (Å²) in [6.45, 7) is 0.889. The molecule has 1 fully saturated rings. The van der Waals surface area contributed by atoms with Crippen molar-refractivity contribution in [2.24, 2.45) is 0 Å². The first-order chi connectivity index (χ1) is 17.0. The van der Waals surface area contributed by atoms with Gasteiger partial charge in [0.15, 0.2) is 0 Å². The number of ether oxygens (including phenoxy) is 2. The topological polar surface area (TPSA) is 77.8 Å². The monoisotopic (exact) mass is 477 g/mol. The molecule has 1 N–H and O–H groups in total. The third-order valence-corrected chi connectivity index (χ3v) is 5.89. The summed E-state index contributed by atoms with van der Waals surface area (Å²) in [5, 5.41) is 3.21. The number of carbonyl (C=O) groups excluding carboxylic acids is 2. The second-order valence-electron chi connectivity index (χ2n) is 8.25. The number of carbonyl (C=O) groups is 2. The fourth-order valence-electron chi connectivity index (χ4n) is 4.11. The molecule has 35 heavy (non-hydrogen) atoms. The first-order valence-electron chi connectivity index (χ1n) is 11.2. The van der Waals surface area contributed by atoms with E-state index in [0.29, 0.717) is 23.3 Å². The van der Waals surface area contributed by atoms with Gasteiger partial charge in [-0.3, -0.25) is 0 Å². The lowest BCUT2D eigenvalue weighted by atomic mass is 10.0. The van der Waals surface area contributed by atoms with Gasteiger partial charge >= 0.3 is 11.9 Å². The third-order valence-electron chi connectivity index (χ3n) is 5.89. The average Bonchev–Trinajstić information content (AvgIpc) is 3.57. The molecule has 178 valence electrons. The van der Waals surface area contributed by atoms with Crippen molar-refractivity contribution in [3.8, 4) is 16.9 Å². The molecule has 0 amide bonds. The van der Waals surface area contributed by atoms with Crippen molar-refractivity contribution in [3.63, 3.8) is 0 Å². The fraction of sp³-hybridized carbons (Fsp3) is 0.185. The molecule has 0 spiro atoms. The van der Waals surface area contributed by atoms with Gasteiger partial charge in [0, 0.05) is 6.07 Å². The number of furan rings is 1. The molecule has 8 heteroatoms. The summed E-state index contributed by atoms with van der Waals surface area (Å²) in [5.74, 6) is -2.16. The molecule has 1 saturated heterocycles. The smallest absolute Gasteiger partial charge is 0.345 e. The van der Waals surface area contributed by atoms with Crippen LogP contribution >= 0.6 is 0 Å². The summed E-state index contributed by atoms with van der Waals surface area (Å²) in [6, 6.07) is 15.1. The molecule has 0 saturated carbocycles. The zero-order valence-electron chi connectivity index (χ0n) is 18.6. The Morgan fingerprint density at radius 1 is 1.03 bits per heavy atom. The minimum absolute atomic E-state index is 0.141. The number of hydrogen-bond donors (Lipinski definition) is 1. The Morgan fingerprint density at radius 2 is 1.86 bits per heavy atom. The van der Waals surface area contributed by atoms with E-state index in [1.807, 2.05) is 0 Å². The van der Waals surface area contributed by atoms with Gasteiger partial charge in [-0.15, -0.1) is 0 Å². The molecule has 1 aliphatic rings. The van der Waals surface area contributed by atoms with Gasteiger partial charge < -0.3 is 19.2 Å². The summed E-state index contributed by atoms with van der Waals surface area (Å²) in [4.78, 5) is 24.4. The highest BCUT2D eigenvalue weighted by Gasteiger charge is 2.26. The minimum Gasteiger partial charge on any atom is -0.489 e. The van der Waals surface area contributed by atoms with E-state index in [4.69, 9.17) is 13.9 Å². The number of esters is 2. The van der Waals surface area contributed by atoms with Crippen molar-refractivity contribution in [1.29, 1.82) is 0 Å². The molecule has 3 aromatic carbocycles. The Labute approximate surface area is 199 Å². The molecule has 6 nitrogen and oxygen atoms in total. The highest BCUT2D eigenvalue weighted by Crippen LogP contribution is 2.34. The second-order valence-corrected chi connectivity index (χ2v) is 8.25. The number of halogens is 2. The van der Waals surface area contributed by atoms with E-state index >= 15 is 0 Å². The maximum absolute atomic E-state index is 14.5. The lowest BCUT2D eigenvalue weighted by Crippen LogP contribution is -2.33. The van der Waals surface area contributed by atoms with E-state index in [9.17, 15) is 18.4 Å². The Morgan fingerprint density at radius 3 is 2.63 bits per heavy atom. The Hall–Kier alpha value is -4.04. The highest BCUT2D eigenvalue weighted by atomic mass is 19.1. The number of nitrogens with one attached hydrogen (secondary N) is 1. The molecular formula is C27H21F2NO5. The van der Waals surface area contributed by atoms with Crippen LogP contribution in [0, 0.1) is 11.6 Å². The summed E-state index contributed by atoms with van der Waals surface area (Å²) in [5.41, 5.74) is 1.79. The molecule has 2 heterocycles. The van der Waals surface area contributed by atoms with Crippen LogP contribution in [0.2, 0.25) is 0 Å². The minimum atomic E-state index is -0.718. The largest absolute Gasteiger partial charge is 0.489 e. The van der Waals surface area contributed by atoms with Gasteiger partial charge in [-0.2, -0.15) is 0 Å². The SMILES string of the molecule is O=C(OC(=O)[C@@H]1CCCN1)c1cccc(COc2ccc(-c3c(F)cc(F)c4ccoc34)cc2)c1. The molecule has 4 aromatic rings. The predicted octanol–water partition coefficient (Wildman–Crippen LogP) is 5.39. The van der Waals surface area contributed by atoms with Crippen LogP contribution in [0.15, 0.2) is 71.3 Å². The number of fused-ring (bicyclic) bond motifs is 1. The maximum Gasteiger partial charge on any atom is 0.345 e. The van der Waals surface area contributed by atoms with E-state index in [1.54, 1.807) is 48.5 Å². The lowest BCUT2D eigenvalue weighted by Gasteiger charge is -2.11. The number of benzene rings is 3. The van der Waals surface area contributed by atoms with Crippen molar-refractivity contribution in [2.45, 2.75) is 25.5 Å². The maximum atomic E-state index is 14.5. The molecule has 1 aliphatic heterocycles. The van der Waals surface area contributed by atoms with Gasteiger partial charge in [0.2, 0.25) is 0 Å². The zero-order chi connectivity index (χ0) is 24.4. The average molecular weight is 477 g/mol. The molecule has 0 unspecified atom stereocenters. The standard InChI is InChI=1S/C27H21F2NO5/c28-21-14-22(29)24(25-20(21)10-12-33-25)17-6-8-19(9-7-17)34-15-16-3-1-4-18(13-16)26(31)35-27(32)23-5-2-11-30-23/h1,3-4,6-10,12-14,23,30H,2,5,11,15H2/t23-/m0/s1. The predicted molar refractivity (Wildman–Crippen MR) is 124 cm³/mol. The molecule has 5 rings (SSSR count). The molecule has 0 aliphatic carbocycles. The molecule has 0 bridgehead atoms. The summed E-state index contributed by atoms with van der Waals surface area (Å²) in [6.07, 6.45) is 2.84. The highest BCUT2D eigenvalue weighted by molar-refractivity contribution is 5.98. The molecule has 1 atom stereocenters. The van der Waals surface area contributed by atoms with Gasteiger partial charge in [0.05, 0.1) is 22.8 Å². The number of rotatable bonds is 6. The van der Waals surface area contributed by atoms with Crippen molar-refractivity contribution in [3.05, 3.63) is 89.7 Å². The van der Waals surface area contributed by atoms with Gasteiger partial charge in [-0.1, -0.05) is 24.3 Å². The Kier molecular flexibility index (Phi) is 6.29. The second kappa shape index (κ2) is 9.68. The number of hydrogen-bond acceptors (Lipinski definition) is 6. The third kappa shape index (κ3) is 4.79. The summed E-state index contributed by atoms with van der Waals surface area (Å²) in [7, 11) is 0. The van der Waals surface area contributed by atoms with Crippen molar-refractivity contribution in [1.82, 2.24) is 5.32 Å². The van der Waals surface area contributed by atoms with Crippen LogP contribution < -0.4 is 10.1 Å². The van der Waals surface area contributed by atoms with Crippen LogP contribution in [0.3, 0.4) is 0 Å². The molecule has 0 radical (unpaired) electrons. The molecule has 1 aromatic heterocycles. The van der Waals surface area contributed by atoms with Crippen LogP contribution in [0.1, 0.15) is 28.8 Å². The van der Waals surface area contributed by atoms with Crippen molar-refractivity contribution >= 4 is 22.9 Å². The van der Waals surface area contributed by atoms with E-state index in [0.717, 1.165) is 19.0 Å². The van der Waals surface area contributed by atoms with E-state index < -0.39 is 29.6 Å². The van der Waals surface area contributed by atoms with Crippen LogP contribution in [-0.4, -0.2) is 24.5 Å². The van der Waals surface area contributed by atoms with Crippen LogP contribution in [-0.2, 0) is 16.1 Å². The van der Waals surface area contributed by atoms with Crippen molar-refractivity contribution in [2.75, 3.05) is 6.54 Å². The van der Waals surface area contributed by atoms with E-state index in [-0.39, 0.29) is 28.7 Å². The zero-order valence-corrected chi connectivity index (χ0v) is 18.6. The summed E-state index contributed by atoms with van der Waals surface area (Å²) < 4.78 is 44.5. The quantitative estimate of drug-likeness (QED) is 0.296. The first-order valence-corrected chi connectivity index (χ1v) is 11.2. The van der Waals surface area contributed by atoms with Crippen LogP contribution in [0.25, 0.3) is 22.1 Å². The van der Waals surface area contributed by atoms with Crippen LogP contribution in [0.5, 0.6) is 5.75 Å². The molecular weight excluding hydrogens is 456 g/mol. The van der Waals surface area contributed by atoms with Gasteiger partial charge in [0.25, 0.3) is 0 Å². The van der Waals surface area contributed by atoms with Gasteiger partial charge in [-0.25, -0.2) is 18.4 Å². The van der Waals surface area contributed by atoms with Gasteiger partial charge in [-0.05, 0) is 60.8 Å². The first kappa shape index (κ1) is 22.7. The van der Waals surface area contributed by atoms with Crippen LogP contribution in [0.4, 0.5) is 8.78 Å². The fourth-order valence-corrected chi connectivity index (χ4v) is 4.11. The lowest BCUT2D eigenvalue weighted by molar-refractivity contribution is -0.139. The van der Waals surface area contributed by atoms with E-state index in [2.05, 4.69) is 5.32 Å². The van der Waals surface area contributed by atoms with E-state index in [1.165, 1.54) is 12.3 Å². The Balaban J connectivity index is 1.25. The normalized spacial score (nSPS) is 15.3. The summed E-state index contributed by atoms with van der Waals surface area (Å²) >= 11 is 0.